The van der Waals surface area contributed by atoms with Gasteiger partial charge in [0.1, 0.15) is 11.5 Å². The maximum atomic E-state index is 12.7. The van der Waals surface area contributed by atoms with Gasteiger partial charge in [0.25, 0.3) is 0 Å². The number of ether oxygens (including phenoxy) is 2. The molecule has 0 amide bonds. The van der Waals surface area contributed by atoms with Gasteiger partial charge in [-0.1, -0.05) is 38.1 Å². The Labute approximate surface area is 182 Å². The number of anilines is 2. The molecule has 0 atom stereocenters. The molecule has 0 saturated heterocycles. The number of methoxy groups -OCH3 is 2. The number of hydrogen-bond donors (Lipinski definition) is 2. The largest absolute Gasteiger partial charge is 0.497 e. The molecule has 0 aliphatic rings. The number of carbonyl (C=O) groups is 1. The third-order valence-electron chi connectivity index (χ3n) is 4.65. The molecule has 164 valence electrons. The third kappa shape index (κ3) is 6.21. The zero-order valence-corrected chi connectivity index (χ0v) is 18.4. The van der Waals surface area contributed by atoms with Crippen molar-refractivity contribution in [3.8, 4) is 11.5 Å². The van der Waals surface area contributed by atoms with Gasteiger partial charge in [0.05, 0.1) is 14.2 Å². The van der Waals surface area contributed by atoms with Crippen LogP contribution in [0.4, 0.5) is 11.9 Å². The minimum atomic E-state index is -0.0998. The number of rotatable bonds is 10. The second-order valence-electron chi connectivity index (χ2n) is 7.57. The van der Waals surface area contributed by atoms with Crippen LogP contribution in [0.2, 0.25) is 0 Å². The van der Waals surface area contributed by atoms with Gasteiger partial charge in [-0.3, -0.25) is 4.79 Å². The first-order valence-corrected chi connectivity index (χ1v) is 10.2. The van der Waals surface area contributed by atoms with Gasteiger partial charge in [0.2, 0.25) is 17.8 Å². The van der Waals surface area contributed by atoms with Crippen LogP contribution in [0.15, 0.2) is 48.5 Å². The summed E-state index contributed by atoms with van der Waals surface area (Å²) in [5.74, 6) is 2.53. The molecule has 2 aromatic carbocycles. The molecule has 0 aliphatic heterocycles. The first-order chi connectivity index (χ1) is 15.0. The van der Waals surface area contributed by atoms with E-state index in [0.717, 1.165) is 22.6 Å². The number of hydrogen-bond acceptors (Lipinski definition) is 7. The summed E-state index contributed by atoms with van der Waals surface area (Å²) >= 11 is 0. The molecule has 0 unspecified atom stereocenters. The fraction of sp³-hybridized carbons (Fsp3) is 0.348. The average molecular weight is 424 g/mol. The van der Waals surface area contributed by atoms with Crippen molar-refractivity contribution in [2.75, 3.05) is 24.9 Å². The summed E-state index contributed by atoms with van der Waals surface area (Å²) in [7, 11) is 3.27. The van der Waals surface area contributed by atoms with Gasteiger partial charge in [-0.2, -0.15) is 9.67 Å². The monoisotopic (exact) mass is 423 g/mol. The van der Waals surface area contributed by atoms with Crippen LogP contribution in [-0.2, 0) is 13.1 Å². The molecule has 0 radical (unpaired) electrons. The van der Waals surface area contributed by atoms with Gasteiger partial charge in [0.15, 0.2) is 0 Å². The van der Waals surface area contributed by atoms with Crippen molar-refractivity contribution < 1.29 is 14.3 Å². The normalized spacial score (nSPS) is 10.7. The van der Waals surface area contributed by atoms with E-state index >= 15 is 0 Å². The lowest BCUT2D eigenvalue weighted by atomic mass is 10.1. The number of nitrogens with zero attached hydrogens (tertiary/aromatic N) is 3. The molecule has 1 heterocycles. The minimum Gasteiger partial charge on any atom is -0.497 e. The highest BCUT2D eigenvalue weighted by molar-refractivity contribution is 5.81. The number of aromatic nitrogens is 3. The Hall–Kier alpha value is -3.55. The Bertz CT molecular complexity index is 981. The summed E-state index contributed by atoms with van der Waals surface area (Å²) < 4.78 is 11.7. The molecule has 8 nitrogen and oxygen atoms in total. The summed E-state index contributed by atoms with van der Waals surface area (Å²) in [6, 6.07) is 15.5. The number of carbonyl (C=O) groups excluding carboxylic acids is 1. The van der Waals surface area contributed by atoms with E-state index in [2.05, 4.69) is 20.7 Å². The quantitative estimate of drug-likeness (QED) is 0.505. The second-order valence-corrected chi connectivity index (χ2v) is 7.57. The van der Waals surface area contributed by atoms with Gasteiger partial charge in [-0.05, 0) is 41.3 Å². The molecule has 8 heteroatoms. The lowest BCUT2D eigenvalue weighted by Gasteiger charge is -2.09. The van der Waals surface area contributed by atoms with E-state index in [1.165, 1.54) is 4.68 Å². The summed E-state index contributed by atoms with van der Waals surface area (Å²) in [5, 5.41) is 10.8. The molecule has 0 saturated carbocycles. The zero-order valence-electron chi connectivity index (χ0n) is 18.4. The van der Waals surface area contributed by atoms with E-state index in [1.54, 1.807) is 14.2 Å². The first-order valence-electron chi connectivity index (χ1n) is 10.2. The predicted molar refractivity (Wildman–Crippen MR) is 121 cm³/mol. The summed E-state index contributed by atoms with van der Waals surface area (Å²) in [4.78, 5) is 17.2. The van der Waals surface area contributed by atoms with Crippen LogP contribution in [0.5, 0.6) is 11.5 Å². The second kappa shape index (κ2) is 10.5. The lowest BCUT2D eigenvalue weighted by molar-refractivity contribution is 0.0873. The van der Waals surface area contributed by atoms with Crippen LogP contribution < -0.4 is 20.1 Å². The lowest BCUT2D eigenvalue weighted by Crippen LogP contribution is -2.18. The maximum Gasteiger partial charge on any atom is 0.250 e. The van der Waals surface area contributed by atoms with Crippen LogP contribution in [-0.4, -0.2) is 34.9 Å². The van der Waals surface area contributed by atoms with Gasteiger partial charge >= 0.3 is 0 Å². The number of benzene rings is 2. The van der Waals surface area contributed by atoms with Crippen molar-refractivity contribution in [2.24, 2.45) is 5.92 Å². The Balaban J connectivity index is 1.72. The Kier molecular flexibility index (Phi) is 7.48. The molecular weight excluding hydrogens is 394 g/mol. The highest BCUT2D eigenvalue weighted by Crippen LogP contribution is 2.17. The molecule has 3 aromatic rings. The molecule has 0 spiro atoms. The highest BCUT2D eigenvalue weighted by atomic mass is 16.5. The molecule has 1 aromatic heterocycles. The molecule has 0 bridgehead atoms. The van der Waals surface area contributed by atoms with Crippen molar-refractivity contribution >= 4 is 17.8 Å². The first kappa shape index (κ1) is 22.1. The Morgan fingerprint density at radius 3 is 1.90 bits per heavy atom. The summed E-state index contributed by atoms with van der Waals surface area (Å²) in [6.07, 6.45) is 0.387. The van der Waals surface area contributed by atoms with Gasteiger partial charge in [0, 0.05) is 19.5 Å². The fourth-order valence-corrected chi connectivity index (χ4v) is 2.96. The maximum absolute atomic E-state index is 12.7. The van der Waals surface area contributed by atoms with Crippen molar-refractivity contribution in [3.05, 3.63) is 59.7 Å². The van der Waals surface area contributed by atoms with E-state index in [1.807, 2.05) is 62.4 Å². The summed E-state index contributed by atoms with van der Waals surface area (Å²) in [6.45, 7) is 5.05. The van der Waals surface area contributed by atoms with E-state index < -0.39 is 0 Å². The minimum absolute atomic E-state index is 0.0998. The van der Waals surface area contributed by atoms with Gasteiger partial charge < -0.3 is 20.1 Å². The Morgan fingerprint density at radius 2 is 1.42 bits per heavy atom. The van der Waals surface area contributed by atoms with Crippen LogP contribution in [0.3, 0.4) is 0 Å². The molecule has 0 fully saturated rings. The van der Waals surface area contributed by atoms with Crippen LogP contribution >= 0.6 is 0 Å². The van der Waals surface area contributed by atoms with Crippen LogP contribution in [0.25, 0.3) is 0 Å². The number of nitrogens with one attached hydrogen (secondary N) is 2. The highest BCUT2D eigenvalue weighted by Gasteiger charge is 2.17. The molecule has 3 rings (SSSR count). The standard InChI is InChI=1S/C23H29N5O3/c1-16(2)13-21(29)28-23(25-15-18-7-11-20(31-4)12-8-18)26-22(27-28)24-14-17-5-9-19(30-3)10-6-17/h5-12,16H,13-15H2,1-4H3,(H2,24,25,26,27). The zero-order chi connectivity index (χ0) is 22.2. The average Bonchev–Trinajstić information content (AvgIpc) is 3.20. The van der Waals surface area contributed by atoms with Crippen molar-refractivity contribution in [2.45, 2.75) is 33.4 Å². The predicted octanol–water partition coefficient (Wildman–Crippen LogP) is 4.21. The molecular formula is C23H29N5O3. The fourth-order valence-electron chi connectivity index (χ4n) is 2.96. The topological polar surface area (TPSA) is 90.3 Å². The molecule has 2 N–H and O–H groups in total. The summed E-state index contributed by atoms with van der Waals surface area (Å²) in [5.41, 5.74) is 2.10. The Morgan fingerprint density at radius 1 is 0.903 bits per heavy atom. The van der Waals surface area contributed by atoms with Crippen molar-refractivity contribution in [3.63, 3.8) is 0 Å². The van der Waals surface area contributed by atoms with E-state index in [-0.39, 0.29) is 11.8 Å². The third-order valence-corrected chi connectivity index (χ3v) is 4.65. The van der Waals surface area contributed by atoms with E-state index in [0.29, 0.717) is 31.4 Å². The van der Waals surface area contributed by atoms with Crippen molar-refractivity contribution in [1.29, 1.82) is 0 Å². The smallest absolute Gasteiger partial charge is 0.250 e. The molecule has 0 aliphatic carbocycles. The van der Waals surface area contributed by atoms with Crippen molar-refractivity contribution in [1.82, 2.24) is 14.8 Å². The van der Waals surface area contributed by atoms with Crippen LogP contribution in [0.1, 0.15) is 36.2 Å². The van der Waals surface area contributed by atoms with Gasteiger partial charge in [-0.25, -0.2) is 0 Å². The SMILES string of the molecule is COc1ccc(CNc2nc(NCc3ccc(OC)cc3)n(C(=O)CC(C)C)n2)cc1. The molecule has 31 heavy (non-hydrogen) atoms. The van der Waals surface area contributed by atoms with Gasteiger partial charge in [-0.15, -0.1) is 5.10 Å². The van der Waals surface area contributed by atoms with E-state index in [9.17, 15) is 4.79 Å². The van der Waals surface area contributed by atoms with E-state index in [4.69, 9.17) is 9.47 Å². The van der Waals surface area contributed by atoms with Crippen LogP contribution in [0, 0.1) is 5.92 Å².